The number of ketones is 1. The fraction of sp³-hybridized carbons (Fsp3) is 0.952. The Morgan fingerprint density at radius 1 is 0.567 bits per heavy atom. The number of aliphatic hydroxyl groups is 3. The minimum atomic E-state index is -0.616. The molecule has 0 saturated carbocycles. The predicted octanol–water partition coefficient (Wildman–Crippen LogP) is 0.715. The molecule has 0 rings (SSSR count). The van der Waals surface area contributed by atoms with Gasteiger partial charge in [0.2, 0.25) is 0 Å². The summed E-state index contributed by atoms with van der Waals surface area (Å²) < 4.78 is 27.4. The molecular formula is C21H42O9. The molecule has 0 aliphatic carbocycles. The molecule has 0 aromatic heterocycles. The van der Waals surface area contributed by atoms with E-state index in [1.807, 2.05) is 0 Å². The minimum absolute atomic E-state index is 0.0128. The van der Waals surface area contributed by atoms with Gasteiger partial charge in [0.25, 0.3) is 0 Å². The van der Waals surface area contributed by atoms with Crippen molar-refractivity contribution in [1.29, 1.82) is 0 Å². The second-order valence-electron chi connectivity index (χ2n) is 6.78. The van der Waals surface area contributed by atoms with E-state index < -0.39 is 6.10 Å². The van der Waals surface area contributed by atoms with Crippen LogP contribution < -0.4 is 0 Å². The topological polar surface area (TPSA) is 124 Å². The number of hydrogen-bond donors (Lipinski definition) is 3. The van der Waals surface area contributed by atoms with E-state index in [9.17, 15) is 4.79 Å². The normalized spacial score (nSPS) is 12.4. The molecule has 0 amide bonds. The summed E-state index contributed by atoms with van der Waals surface area (Å²) in [6, 6.07) is 0. The molecule has 9 heteroatoms. The SMILES string of the molecule is O=C(CCCOCCCO)C(COCCCOCCCO)OCCCOCCCO. The van der Waals surface area contributed by atoms with E-state index in [4.69, 9.17) is 39.0 Å². The largest absolute Gasteiger partial charge is 0.396 e. The lowest BCUT2D eigenvalue weighted by molar-refractivity contribution is -0.135. The molecule has 3 N–H and O–H groups in total. The molecule has 0 aliphatic heterocycles. The van der Waals surface area contributed by atoms with Gasteiger partial charge in [-0.1, -0.05) is 0 Å². The Labute approximate surface area is 180 Å². The Balaban J connectivity index is 4.03. The molecule has 1 atom stereocenters. The lowest BCUT2D eigenvalue weighted by Crippen LogP contribution is -2.30. The monoisotopic (exact) mass is 438 g/mol. The van der Waals surface area contributed by atoms with Crippen molar-refractivity contribution in [3.05, 3.63) is 0 Å². The van der Waals surface area contributed by atoms with E-state index in [1.165, 1.54) is 0 Å². The zero-order chi connectivity index (χ0) is 22.1. The van der Waals surface area contributed by atoms with Crippen molar-refractivity contribution < 1.29 is 43.8 Å². The zero-order valence-electron chi connectivity index (χ0n) is 18.3. The average Bonchev–Trinajstić information content (AvgIpc) is 2.75. The highest BCUT2D eigenvalue weighted by Gasteiger charge is 2.19. The summed E-state index contributed by atoms with van der Waals surface area (Å²) in [4.78, 5) is 12.5. The summed E-state index contributed by atoms with van der Waals surface area (Å²) >= 11 is 0. The Morgan fingerprint density at radius 2 is 1.00 bits per heavy atom. The predicted molar refractivity (Wildman–Crippen MR) is 112 cm³/mol. The second-order valence-corrected chi connectivity index (χ2v) is 6.78. The Kier molecular flexibility index (Phi) is 24.1. The van der Waals surface area contributed by atoms with Crippen LogP contribution in [0.15, 0.2) is 0 Å². The summed E-state index contributed by atoms with van der Waals surface area (Å²) in [5.41, 5.74) is 0. The van der Waals surface area contributed by atoms with Crippen LogP contribution in [0.2, 0.25) is 0 Å². The van der Waals surface area contributed by atoms with Crippen LogP contribution in [0.1, 0.15) is 44.9 Å². The smallest absolute Gasteiger partial charge is 0.164 e. The van der Waals surface area contributed by atoms with Gasteiger partial charge in [-0.3, -0.25) is 4.79 Å². The molecular weight excluding hydrogens is 396 g/mol. The molecule has 180 valence electrons. The van der Waals surface area contributed by atoms with Crippen LogP contribution in [0.4, 0.5) is 0 Å². The second kappa shape index (κ2) is 24.6. The fourth-order valence-electron chi connectivity index (χ4n) is 2.39. The van der Waals surface area contributed by atoms with Gasteiger partial charge in [0.05, 0.1) is 6.61 Å². The van der Waals surface area contributed by atoms with Crippen LogP contribution in [0, 0.1) is 0 Å². The summed E-state index contributed by atoms with van der Waals surface area (Å²) in [5, 5.41) is 26.1. The van der Waals surface area contributed by atoms with Gasteiger partial charge in [-0.05, 0) is 38.5 Å². The lowest BCUT2D eigenvalue weighted by atomic mass is 10.1. The Morgan fingerprint density at radius 3 is 1.53 bits per heavy atom. The number of ether oxygens (including phenoxy) is 5. The van der Waals surface area contributed by atoms with Crippen LogP contribution >= 0.6 is 0 Å². The molecule has 0 aromatic carbocycles. The van der Waals surface area contributed by atoms with E-state index in [0.29, 0.717) is 97.8 Å². The van der Waals surface area contributed by atoms with Crippen LogP contribution in [-0.2, 0) is 28.5 Å². The van der Waals surface area contributed by atoms with E-state index in [1.54, 1.807) is 0 Å². The van der Waals surface area contributed by atoms with Gasteiger partial charge >= 0.3 is 0 Å². The van der Waals surface area contributed by atoms with Crippen LogP contribution in [-0.4, -0.2) is 106 Å². The van der Waals surface area contributed by atoms with Gasteiger partial charge in [-0.2, -0.15) is 0 Å². The molecule has 0 aromatic rings. The Bertz CT molecular complexity index is 355. The molecule has 30 heavy (non-hydrogen) atoms. The van der Waals surface area contributed by atoms with Crippen molar-refractivity contribution in [3.8, 4) is 0 Å². The third-order valence-corrected chi connectivity index (χ3v) is 4.01. The standard InChI is InChI=1S/C21H42O9/c22-8-2-12-26-11-1-7-20(25)21(30-18-6-16-28-14-4-10-24)19-29-17-5-15-27-13-3-9-23/h21-24H,1-19H2. The van der Waals surface area contributed by atoms with Crippen molar-refractivity contribution in [2.75, 3.05) is 79.3 Å². The highest BCUT2D eigenvalue weighted by molar-refractivity contribution is 5.83. The van der Waals surface area contributed by atoms with Crippen molar-refractivity contribution in [2.45, 2.75) is 51.0 Å². The fourth-order valence-corrected chi connectivity index (χ4v) is 2.39. The molecule has 0 radical (unpaired) electrons. The maximum Gasteiger partial charge on any atom is 0.164 e. The van der Waals surface area contributed by atoms with Crippen molar-refractivity contribution in [1.82, 2.24) is 0 Å². The summed E-state index contributed by atoms with van der Waals surface area (Å²) in [6.45, 7) is 4.48. The van der Waals surface area contributed by atoms with E-state index in [0.717, 1.165) is 0 Å². The van der Waals surface area contributed by atoms with Crippen LogP contribution in [0.5, 0.6) is 0 Å². The molecule has 9 nitrogen and oxygen atoms in total. The third kappa shape index (κ3) is 20.6. The first-order chi connectivity index (χ1) is 14.8. The van der Waals surface area contributed by atoms with E-state index in [2.05, 4.69) is 0 Å². The summed E-state index contributed by atoms with van der Waals surface area (Å²) in [5.74, 6) is -0.0128. The Hall–Kier alpha value is -0.650. The van der Waals surface area contributed by atoms with Gasteiger partial charge in [0.1, 0.15) is 6.10 Å². The first kappa shape index (κ1) is 29.4. The van der Waals surface area contributed by atoms with Gasteiger partial charge in [0, 0.05) is 79.1 Å². The quantitative estimate of drug-likeness (QED) is 0.177. The molecule has 0 aliphatic rings. The molecule has 0 bridgehead atoms. The third-order valence-electron chi connectivity index (χ3n) is 4.01. The highest BCUT2D eigenvalue weighted by atomic mass is 16.5. The molecule has 0 saturated heterocycles. The summed E-state index contributed by atoms with van der Waals surface area (Å²) in [6.07, 6.45) is 3.55. The van der Waals surface area contributed by atoms with Crippen LogP contribution in [0.3, 0.4) is 0 Å². The maximum absolute atomic E-state index is 12.5. The number of carbonyl (C=O) groups excluding carboxylic acids is 1. The van der Waals surface area contributed by atoms with Crippen molar-refractivity contribution in [2.24, 2.45) is 0 Å². The number of rotatable bonds is 25. The molecule has 0 fully saturated rings. The van der Waals surface area contributed by atoms with E-state index >= 15 is 0 Å². The minimum Gasteiger partial charge on any atom is -0.396 e. The van der Waals surface area contributed by atoms with Crippen LogP contribution in [0.25, 0.3) is 0 Å². The number of carbonyl (C=O) groups is 1. The maximum atomic E-state index is 12.5. The summed E-state index contributed by atoms with van der Waals surface area (Å²) in [7, 11) is 0. The number of Topliss-reactive ketones (excluding diaryl/α,β-unsaturated/α-hetero) is 1. The van der Waals surface area contributed by atoms with Gasteiger partial charge in [-0.15, -0.1) is 0 Å². The zero-order valence-corrected chi connectivity index (χ0v) is 18.3. The molecule has 0 spiro atoms. The molecule has 0 heterocycles. The van der Waals surface area contributed by atoms with Crippen molar-refractivity contribution in [3.63, 3.8) is 0 Å². The molecule has 1 unspecified atom stereocenters. The first-order valence-electron chi connectivity index (χ1n) is 11.0. The van der Waals surface area contributed by atoms with E-state index in [-0.39, 0.29) is 32.2 Å². The number of aliphatic hydroxyl groups excluding tert-OH is 3. The highest BCUT2D eigenvalue weighted by Crippen LogP contribution is 2.05. The lowest BCUT2D eigenvalue weighted by Gasteiger charge is -2.17. The number of hydrogen-bond acceptors (Lipinski definition) is 9. The first-order valence-corrected chi connectivity index (χ1v) is 11.0. The van der Waals surface area contributed by atoms with Gasteiger partial charge in [-0.25, -0.2) is 0 Å². The van der Waals surface area contributed by atoms with Gasteiger partial charge in [0.15, 0.2) is 5.78 Å². The average molecular weight is 439 g/mol. The van der Waals surface area contributed by atoms with Gasteiger partial charge < -0.3 is 39.0 Å². The van der Waals surface area contributed by atoms with Crippen molar-refractivity contribution >= 4 is 5.78 Å².